The second-order valence-electron chi connectivity index (χ2n) is 7.26. The fourth-order valence-electron chi connectivity index (χ4n) is 3.69. The van der Waals surface area contributed by atoms with E-state index in [2.05, 4.69) is 9.97 Å². The van der Waals surface area contributed by atoms with E-state index < -0.39 is 5.97 Å². The molecule has 0 fully saturated rings. The molecule has 1 aliphatic rings. The second kappa shape index (κ2) is 8.73. The molecule has 1 aliphatic heterocycles. The van der Waals surface area contributed by atoms with Crippen LogP contribution in [0.5, 0.6) is 28.7 Å². The van der Waals surface area contributed by atoms with Crippen LogP contribution in [0.25, 0.3) is 17.0 Å². The van der Waals surface area contributed by atoms with Gasteiger partial charge in [-0.05, 0) is 30.7 Å². The van der Waals surface area contributed by atoms with Crippen molar-refractivity contribution in [2.45, 2.75) is 13.3 Å². The average molecular weight is 453 g/mol. The highest BCUT2D eigenvalue weighted by Crippen LogP contribution is 2.48. The zero-order valence-electron chi connectivity index (χ0n) is 18.6. The number of fused-ring (bicyclic) bond motifs is 2. The summed E-state index contributed by atoms with van der Waals surface area (Å²) in [4.78, 5) is 20.5. The summed E-state index contributed by atoms with van der Waals surface area (Å²) in [6, 6.07) is 5.58. The molecule has 0 spiro atoms. The van der Waals surface area contributed by atoms with E-state index in [1.807, 2.05) is 18.2 Å². The van der Waals surface area contributed by atoms with E-state index >= 15 is 0 Å². The first-order valence-corrected chi connectivity index (χ1v) is 9.96. The van der Waals surface area contributed by atoms with Gasteiger partial charge in [0.15, 0.2) is 28.8 Å². The molecular formula is C23H23N3O7. The number of ether oxygens (including phenoxy) is 5. The highest BCUT2D eigenvalue weighted by Gasteiger charge is 2.25. The number of hydrogen-bond donors (Lipinski definition) is 2. The quantitative estimate of drug-likeness (QED) is 0.406. The molecule has 0 bridgehead atoms. The molecule has 0 atom stereocenters. The molecule has 0 saturated carbocycles. The predicted octanol–water partition coefficient (Wildman–Crippen LogP) is 3.05. The van der Waals surface area contributed by atoms with E-state index in [9.17, 15) is 9.90 Å². The third-order valence-electron chi connectivity index (χ3n) is 5.25. The number of carboxylic acids is 1. The Labute approximate surface area is 189 Å². The Morgan fingerprint density at radius 1 is 1.09 bits per heavy atom. The molecule has 10 heteroatoms. The molecule has 0 amide bonds. The number of carbonyl (C=O) groups is 1. The number of aliphatic carboxylic acids is 1. The highest BCUT2D eigenvalue weighted by molar-refractivity contribution is 6.02. The van der Waals surface area contributed by atoms with E-state index in [-0.39, 0.29) is 29.6 Å². The Morgan fingerprint density at radius 2 is 1.79 bits per heavy atom. The first kappa shape index (κ1) is 22.0. The van der Waals surface area contributed by atoms with Crippen molar-refractivity contribution in [3.8, 4) is 28.7 Å². The fraction of sp³-hybridized carbons (Fsp3) is 0.261. The van der Waals surface area contributed by atoms with Crippen LogP contribution in [0.2, 0.25) is 0 Å². The summed E-state index contributed by atoms with van der Waals surface area (Å²) >= 11 is 0. The second-order valence-corrected chi connectivity index (χ2v) is 7.26. The minimum Gasteiger partial charge on any atom is -0.491 e. The average Bonchev–Trinajstić information content (AvgIpc) is 3.26. The van der Waals surface area contributed by atoms with Gasteiger partial charge in [0.25, 0.3) is 0 Å². The summed E-state index contributed by atoms with van der Waals surface area (Å²) in [6.07, 6.45) is 1.74. The Morgan fingerprint density at radius 3 is 2.45 bits per heavy atom. The van der Waals surface area contributed by atoms with Crippen LogP contribution in [0.4, 0.5) is 5.69 Å². The Balaban J connectivity index is 1.99. The molecule has 2 heterocycles. The van der Waals surface area contributed by atoms with E-state index in [1.54, 1.807) is 0 Å². The zero-order valence-corrected chi connectivity index (χ0v) is 18.6. The number of nitrogens with zero attached hydrogens (tertiary/aromatic N) is 2. The summed E-state index contributed by atoms with van der Waals surface area (Å²) < 4.78 is 27.4. The van der Waals surface area contributed by atoms with Crippen LogP contribution in [-0.4, -0.2) is 49.2 Å². The van der Waals surface area contributed by atoms with E-state index in [1.165, 1.54) is 34.3 Å². The molecule has 0 saturated heterocycles. The molecule has 4 rings (SSSR count). The van der Waals surface area contributed by atoms with Gasteiger partial charge in [-0.1, -0.05) is 6.07 Å². The maximum atomic E-state index is 11.4. The maximum Gasteiger partial charge on any atom is 0.331 e. The third kappa shape index (κ3) is 3.91. The van der Waals surface area contributed by atoms with Crippen molar-refractivity contribution >= 4 is 28.6 Å². The molecule has 0 unspecified atom stereocenters. The molecule has 10 nitrogen and oxygen atoms in total. The van der Waals surface area contributed by atoms with Crippen LogP contribution < -0.4 is 29.4 Å². The SMILES string of the molecule is COc1c(OC)c(N)c2c(Cc3ccc4c(c3)OCO4)nc(/C=C(\C)C(=O)O)nc2c1OC. The summed E-state index contributed by atoms with van der Waals surface area (Å²) in [5.41, 5.74) is 8.66. The summed E-state index contributed by atoms with van der Waals surface area (Å²) in [7, 11) is 4.42. The van der Waals surface area contributed by atoms with Gasteiger partial charge < -0.3 is 34.5 Å². The van der Waals surface area contributed by atoms with Crippen molar-refractivity contribution in [3.63, 3.8) is 0 Å². The number of nitrogens with two attached hydrogens (primary N) is 1. The molecule has 1 aromatic heterocycles. The van der Waals surface area contributed by atoms with Gasteiger partial charge in [0.1, 0.15) is 5.52 Å². The van der Waals surface area contributed by atoms with Crippen LogP contribution >= 0.6 is 0 Å². The van der Waals surface area contributed by atoms with Gasteiger partial charge in [0.2, 0.25) is 12.5 Å². The van der Waals surface area contributed by atoms with Gasteiger partial charge in [-0.2, -0.15) is 0 Å². The lowest BCUT2D eigenvalue weighted by Crippen LogP contribution is -2.07. The van der Waals surface area contributed by atoms with Crippen molar-refractivity contribution in [3.05, 3.63) is 40.9 Å². The molecule has 3 N–H and O–H groups in total. The lowest BCUT2D eigenvalue weighted by molar-refractivity contribution is -0.132. The lowest BCUT2D eigenvalue weighted by atomic mass is 10.0. The molecule has 0 aliphatic carbocycles. The molecule has 0 radical (unpaired) electrons. The van der Waals surface area contributed by atoms with Gasteiger partial charge in [-0.3, -0.25) is 0 Å². The summed E-state index contributed by atoms with van der Waals surface area (Å²) in [5, 5.41) is 9.84. The number of aromatic nitrogens is 2. The minimum absolute atomic E-state index is 0.0794. The van der Waals surface area contributed by atoms with E-state index in [4.69, 9.17) is 29.4 Å². The van der Waals surface area contributed by atoms with Gasteiger partial charge in [-0.25, -0.2) is 14.8 Å². The number of methoxy groups -OCH3 is 3. The molecule has 2 aromatic carbocycles. The van der Waals surface area contributed by atoms with Crippen molar-refractivity contribution in [1.82, 2.24) is 9.97 Å². The van der Waals surface area contributed by atoms with E-state index in [0.717, 1.165) is 5.56 Å². The molecular weight excluding hydrogens is 430 g/mol. The monoisotopic (exact) mass is 453 g/mol. The third-order valence-corrected chi connectivity index (χ3v) is 5.25. The lowest BCUT2D eigenvalue weighted by Gasteiger charge is -2.19. The number of anilines is 1. The Hall–Kier alpha value is -4.21. The van der Waals surface area contributed by atoms with E-state index in [0.29, 0.717) is 46.0 Å². The van der Waals surface area contributed by atoms with Crippen molar-refractivity contribution in [2.75, 3.05) is 33.9 Å². The van der Waals surface area contributed by atoms with Crippen molar-refractivity contribution in [1.29, 1.82) is 0 Å². The highest BCUT2D eigenvalue weighted by atomic mass is 16.7. The van der Waals surface area contributed by atoms with Gasteiger partial charge >= 0.3 is 5.97 Å². The predicted molar refractivity (Wildman–Crippen MR) is 120 cm³/mol. The van der Waals surface area contributed by atoms with Gasteiger partial charge in [0.05, 0.1) is 38.1 Å². The van der Waals surface area contributed by atoms with Crippen LogP contribution in [0, 0.1) is 0 Å². The molecule has 3 aromatic rings. The number of nitrogen functional groups attached to an aromatic ring is 1. The smallest absolute Gasteiger partial charge is 0.331 e. The number of hydrogen-bond acceptors (Lipinski definition) is 9. The largest absolute Gasteiger partial charge is 0.491 e. The van der Waals surface area contributed by atoms with Gasteiger partial charge in [-0.15, -0.1) is 0 Å². The molecule has 33 heavy (non-hydrogen) atoms. The number of carboxylic acid groups (broad SMARTS) is 1. The Bertz CT molecular complexity index is 1290. The van der Waals surface area contributed by atoms with Crippen LogP contribution in [0.15, 0.2) is 23.8 Å². The minimum atomic E-state index is -1.07. The fourth-order valence-corrected chi connectivity index (χ4v) is 3.69. The number of rotatable bonds is 7. The normalized spacial score (nSPS) is 12.7. The Kier molecular flexibility index (Phi) is 5.82. The zero-order chi connectivity index (χ0) is 23.7. The van der Waals surface area contributed by atoms with Gasteiger partial charge in [0, 0.05) is 12.0 Å². The van der Waals surface area contributed by atoms with Crippen LogP contribution in [0.1, 0.15) is 24.0 Å². The summed E-state index contributed by atoms with van der Waals surface area (Å²) in [6.45, 7) is 1.63. The maximum absolute atomic E-state index is 11.4. The van der Waals surface area contributed by atoms with Crippen molar-refractivity contribution in [2.24, 2.45) is 0 Å². The topological polar surface area (TPSA) is 135 Å². The first-order valence-electron chi connectivity index (χ1n) is 9.96. The van der Waals surface area contributed by atoms with Crippen LogP contribution in [-0.2, 0) is 11.2 Å². The van der Waals surface area contributed by atoms with Crippen LogP contribution in [0.3, 0.4) is 0 Å². The molecule has 172 valence electrons. The summed E-state index contributed by atoms with van der Waals surface area (Å²) in [5.74, 6) is 1.30. The van der Waals surface area contributed by atoms with Crippen molar-refractivity contribution < 1.29 is 33.6 Å². The number of benzene rings is 2. The first-order chi connectivity index (χ1) is 15.9. The standard InChI is InChI=1S/C23H23N3O7/c1-11(23(27)28)7-16-25-13(8-12-5-6-14-15(9-12)33-10-32-14)17-18(24)20(29-2)22(31-4)21(30-3)19(17)26-16/h5-7,9H,8,10,24H2,1-4H3,(H,27,28)/b11-7+.